The lowest BCUT2D eigenvalue weighted by molar-refractivity contribution is 0.367. The fourth-order valence-electron chi connectivity index (χ4n) is 3.08. The van der Waals surface area contributed by atoms with Crippen molar-refractivity contribution in [2.45, 2.75) is 18.9 Å². The molecule has 0 aliphatic carbocycles. The fraction of sp³-hybridized carbons (Fsp3) is 0.222. The zero-order valence-corrected chi connectivity index (χ0v) is 13.8. The monoisotopic (exact) mass is 342 g/mol. The van der Waals surface area contributed by atoms with Crippen LogP contribution in [0.5, 0.6) is 0 Å². The highest BCUT2D eigenvalue weighted by atomic mass is 15.2. The molecule has 1 aliphatic rings. The summed E-state index contributed by atoms with van der Waals surface area (Å²) in [6, 6.07) is 9.16. The van der Waals surface area contributed by atoms with Crippen molar-refractivity contribution in [1.29, 1.82) is 10.5 Å². The average Bonchev–Trinajstić information content (AvgIpc) is 3.37. The Balaban J connectivity index is 1.63. The quantitative estimate of drug-likeness (QED) is 0.726. The van der Waals surface area contributed by atoms with Crippen LogP contribution in [-0.2, 0) is 0 Å². The molecule has 1 saturated heterocycles. The number of nitrogens with zero attached hydrogens (tertiary/aromatic N) is 7. The van der Waals surface area contributed by atoms with Crippen LogP contribution in [-0.4, -0.2) is 36.6 Å². The lowest BCUT2D eigenvalue weighted by Gasteiger charge is -2.15. The first-order valence-corrected chi connectivity index (χ1v) is 8.20. The number of nitriles is 2. The molecule has 0 aromatic carbocycles. The van der Waals surface area contributed by atoms with E-state index in [0.29, 0.717) is 22.9 Å². The van der Waals surface area contributed by atoms with Gasteiger partial charge in [0.05, 0.1) is 17.4 Å². The zero-order valence-electron chi connectivity index (χ0n) is 13.8. The summed E-state index contributed by atoms with van der Waals surface area (Å²) in [6.45, 7) is 0.777. The normalized spacial score (nSPS) is 16.2. The first-order chi connectivity index (χ1) is 12.8. The Morgan fingerprint density at radius 2 is 2.08 bits per heavy atom. The van der Waals surface area contributed by atoms with Crippen LogP contribution in [0.25, 0.3) is 22.8 Å². The molecule has 4 heterocycles. The molecule has 1 aliphatic heterocycles. The predicted octanol–water partition coefficient (Wildman–Crippen LogP) is 2.42. The van der Waals surface area contributed by atoms with Crippen molar-refractivity contribution in [2.75, 3.05) is 6.54 Å². The van der Waals surface area contributed by atoms with Crippen molar-refractivity contribution in [1.82, 2.24) is 30.0 Å². The van der Waals surface area contributed by atoms with Crippen molar-refractivity contribution < 1.29 is 0 Å². The number of rotatable bonds is 3. The van der Waals surface area contributed by atoms with E-state index in [-0.39, 0.29) is 6.04 Å². The number of H-pyrrole nitrogens is 1. The van der Waals surface area contributed by atoms with E-state index in [0.717, 1.165) is 30.6 Å². The van der Waals surface area contributed by atoms with E-state index < -0.39 is 0 Å². The number of hydrogen-bond donors (Lipinski definition) is 1. The molecule has 1 fully saturated rings. The Kier molecular flexibility index (Phi) is 4.00. The van der Waals surface area contributed by atoms with Crippen LogP contribution in [0.3, 0.4) is 0 Å². The number of likely N-dealkylation sites (tertiary alicyclic amines) is 1. The topological polar surface area (TPSA) is 118 Å². The van der Waals surface area contributed by atoms with Crippen LogP contribution in [0, 0.1) is 22.8 Å². The van der Waals surface area contributed by atoms with Crippen molar-refractivity contribution >= 4 is 0 Å². The highest BCUT2D eigenvalue weighted by Gasteiger charge is 2.27. The van der Waals surface area contributed by atoms with E-state index in [1.54, 1.807) is 35.5 Å². The van der Waals surface area contributed by atoms with Gasteiger partial charge < -0.3 is 4.90 Å². The Bertz CT molecular complexity index is 1010. The van der Waals surface area contributed by atoms with E-state index in [1.807, 2.05) is 12.1 Å². The molecule has 1 atom stereocenters. The van der Waals surface area contributed by atoms with Crippen molar-refractivity contribution in [2.24, 2.45) is 0 Å². The first-order valence-electron chi connectivity index (χ1n) is 8.20. The van der Waals surface area contributed by atoms with E-state index >= 15 is 0 Å². The second-order valence-corrected chi connectivity index (χ2v) is 5.97. The molecule has 0 saturated carbocycles. The molecule has 0 amide bonds. The molecule has 1 N–H and O–H groups in total. The van der Waals surface area contributed by atoms with Gasteiger partial charge in [-0.1, -0.05) is 0 Å². The first kappa shape index (κ1) is 15.7. The highest BCUT2D eigenvalue weighted by molar-refractivity contribution is 5.60. The van der Waals surface area contributed by atoms with Gasteiger partial charge >= 0.3 is 0 Å². The van der Waals surface area contributed by atoms with Gasteiger partial charge in [-0.15, -0.1) is 0 Å². The summed E-state index contributed by atoms with van der Waals surface area (Å²) >= 11 is 0. The highest BCUT2D eigenvalue weighted by Crippen LogP contribution is 2.31. The van der Waals surface area contributed by atoms with Crippen LogP contribution in [0.1, 0.15) is 30.3 Å². The number of nitrogens with one attached hydrogen (secondary N) is 1. The molecule has 8 nitrogen and oxygen atoms in total. The summed E-state index contributed by atoms with van der Waals surface area (Å²) in [5.41, 5.74) is 3.38. The molecule has 3 aromatic rings. The fourth-order valence-corrected chi connectivity index (χ4v) is 3.08. The van der Waals surface area contributed by atoms with E-state index in [1.165, 1.54) is 0 Å². The largest absolute Gasteiger partial charge is 0.302 e. The van der Waals surface area contributed by atoms with E-state index in [9.17, 15) is 5.26 Å². The molecule has 0 radical (unpaired) electrons. The van der Waals surface area contributed by atoms with Gasteiger partial charge in [0.25, 0.3) is 0 Å². The summed E-state index contributed by atoms with van der Waals surface area (Å²) < 4.78 is 0. The Morgan fingerprint density at radius 3 is 2.85 bits per heavy atom. The smallest absolute Gasteiger partial charge is 0.179 e. The van der Waals surface area contributed by atoms with Gasteiger partial charge in [-0.3, -0.25) is 5.10 Å². The average molecular weight is 342 g/mol. The number of aromatic amines is 1. The maximum Gasteiger partial charge on any atom is 0.179 e. The minimum absolute atomic E-state index is 0.0466. The second-order valence-electron chi connectivity index (χ2n) is 5.97. The minimum Gasteiger partial charge on any atom is -0.302 e. The maximum atomic E-state index is 9.22. The molecule has 0 spiro atoms. The zero-order chi connectivity index (χ0) is 17.9. The van der Waals surface area contributed by atoms with Crippen LogP contribution in [0.2, 0.25) is 0 Å². The standard InChI is InChI=1S/C18H14N8/c19-9-13-4-3-12(10-22-13)18-21-6-5-14(23-18)15-8-16(25-24-15)17-2-1-7-26(17)11-20/h3-6,8,10,17H,1-2,7H2,(H,24,25)/t17-/m0/s1. The van der Waals surface area contributed by atoms with Crippen molar-refractivity contribution in [3.8, 4) is 35.0 Å². The van der Waals surface area contributed by atoms with E-state index in [4.69, 9.17) is 5.26 Å². The molecular weight excluding hydrogens is 328 g/mol. The SMILES string of the molecule is N#Cc1ccc(-c2nccc(-c3cc([C@@H]4CCCN4C#N)[nH]n3)n2)cn1. The molecule has 4 rings (SSSR count). The Labute approximate surface area is 149 Å². The predicted molar refractivity (Wildman–Crippen MR) is 91.9 cm³/mol. The Hall–Kier alpha value is -3.78. The molecular formula is C18H14N8. The molecule has 0 bridgehead atoms. The maximum absolute atomic E-state index is 9.22. The van der Waals surface area contributed by atoms with Crippen LogP contribution in [0.4, 0.5) is 0 Å². The number of pyridine rings is 1. The van der Waals surface area contributed by atoms with Gasteiger partial charge in [0.15, 0.2) is 12.0 Å². The molecule has 26 heavy (non-hydrogen) atoms. The molecule has 126 valence electrons. The third kappa shape index (κ3) is 2.85. The van der Waals surface area contributed by atoms with Crippen molar-refractivity contribution in [3.63, 3.8) is 0 Å². The second kappa shape index (κ2) is 6.61. The summed E-state index contributed by atoms with van der Waals surface area (Å²) in [5.74, 6) is 0.517. The summed E-state index contributed by atoms with van der Waals surface area (Å²) in [5, 5.41) is 25.4. The van der Waals surface area contributed by atoms with Crippen LogP contribution < -0.4 is 0 Å². The molecule has 8 heteroatoms. The minimum atomic E-state index is 0.0466. The number of hydrogen-bond acceptors (Lipinski definition) is 7. The lowest BCUT2D eigenvalue weighted by atomic mass is 10.1. The summed E-state index contributed by atoms with van der Waals surface area (Å²) in [4.78, 5) is 14.6. The number of aromatic nitrogens is 5. The van der Waals surface area contributed by atoms with Gasteiger partial charge in [0, 0.05) is 24.5 Å². The molecule has 0 unspecified atom stereocenters. The third-order valence-corrected chi connectivity index (χ3v) is 4.39. The van der Waals surface area contributed by atoms with Gasteiger partial charge in [-0.05, 0) is 37.1 Å². The third-order valence-electron chi connectivity index (χ3n) is 4.39. The van der Waals surface area contributed by atoms with Gasteiger partial charge in [-0.25, -0.2) is 15.0 Å². The van der Waals surface area contributed by atoms with Gasteiger partial charge in [0.1, 0.15) is 17.5 Å². The molecule has 3 aromatic heterocycles. The van der Waals surface area contributed by atoms with Crippen LogP contribution in [0.15, 0.2) is 36.7 Å². The van der Waals surface area contributed by atoms with Gasteiger partial charge in [-0.2, -0.15) is 15.6 Å². The van der Waals surface area contributed by atoms with Crippen molar-refractivity contribution in [3.05, 3.63) is 48.0 Å². The van der Waals surface area contributed by atoms with Crippen LogP contribution >= 0.6 is 0 Å². The van der Waals surface area contributed by atoms with Gasteiger partial charge in [0.2, 0.25) is 0 Å². The Morgan fingerprint density at radius 1 is 1.15 bits per heavy atom. The lowest BCUT2D eigenvalue weighted by Crippen LogP contribution is -2.17. The summed E-state index contributed by atoms with van der Waals surface area (Å²) in [6.07, 6.45) is 7.41. The van der Waals surface area contributed by atoms with E-state index in [2.05, 4.69) is 31.3 Å². The summed E-state index contributed by atoms with van der Waals surface area (Å²) in [7, 11) is 0.